The third-order valence-electron chi connectivity index (χ3n) is 5.43. The summed E-state index contributed by atoms with van der Waals surface area (Å²) in [4.78, 5) is 21.5. The fourth-order valence-corrected chi connectivity index (χ4v) is 3.75. The van der Waals surface area contributed by atoms with Crippen molar-refractivity contribution in [1.29, 1.82) is 0 Å². The van der Waals surface area contributed by atoms with Crippen LogP contribution in [0.5, 0.6) is 0 Å². The number of aromatic nitrogens is 1. The minimum Gasteiger partial charge on any atom is -0.378 e. The quantitative estimate of drug-likeness (QED) is 0.834. The molecule has 1 amide bonds. The highest BCUT2D eigenvalue weighted by molar-refractivity contribution is 5.94. The van der Waals surface area contributed by atoms with Crippen molar-refractivity contribution < 1.29 is 9.53 Å². The summed E-state index contributed by atoms with van der Waals surface area (Å²) in [5.41, 5.74) is 3.03. The molecule has 0 spiro atoms. The molecule has 0 aliphatic carbocycles. The Morgan fingerprint density at radius 1 is 0.964 bits per heavy atom. The number of hydrogen-bond donors (Lipinski definition) is 1. The second-order valence-electron chi connectivity index (χ2n) is 7.49. The standard InChI is InChI=1S/C22H28N4O2/c27-22(20-7-8-21(23-16-20)26-11-13-28-14-12-26)24-15-18-3-5-19(6-4-18)17-25-9-1-2-10-25/h3-8,16H,1-2,9-15,17H2,(H,24,27). The Labute approximate surface area is 166 Å². The van der Waals surface area contributed by atoms with Crippen molar-refractivity contribution in [2.24, 2.45) is 0 Å². The predicted molar refractivity (Wildman–Crippen MR) is 109 cm³/mol. The van der Waals surface area contributed by atoms with Gasteiger partial charge in [0, 0.05) is 32.4 Å². The number of pyridine rings is 1. The van der Waals surface area contributed by atoms with E-state index in [1.54, 1.807) is 6.20 Å². The van der Waals surface area contributed by atoms with Gasteiger partial charge in [-0.05, 0) is 49.2 Å². The lowest BCUT2D eigenvalue weighted by Gasteiger charge is -2.27. The summed E-state index contributed by atoms with van der Waals surface area (Å²) in [6, 6.07) is 12.3. The number of benzene rings is 1. The molecule has 0 atom stereocenters. The first-order chi connectivity index (χ1) is 13.8. The normalized spacial score (nSPS) is 17.6. The Hall–Kier alpha value is -2.44. The van der Waals surface area contributed by atoms with Gasteiger partial charge >= 0.3 is 0 Å². The maximum atomic E-state index is 12.4. The van der Waals surface area contributed by atoms with Crippen molar-refractivity contribution in [3.63, 3.8) is 0 Å². The Balaban J connectivity index is 1.27. The van der Waals surface area contributed by atoms with Crippen molar-refractivity contribution in [2.75, 3.05) is 44.3 Å². The summed E-state index contributed by atoms with van der Waals surface area (Å²) in [7, 11) is 0. The highest BCUT2D eigenvalue weighted by atomic mass is 16.5. The molecule has 148 valence electrons. The molecule has 28 heavy (non-hydrogen) atoms. The van der Waals surface area contributed by atoms with Crippen LogP contribution < -0.4 is 10.2 Å². The number of anilines is 1. The molecular formula is C22H28N4O2. The van der Waals surface area contributed by atoms with E-state index in [2.05, 4.69) is 44.4 Å². The summed E-state index contributed by atoms with van der Waals surface area (Å²) in [5.74, 6) is 0.801. The van der Waals surface area contributed by atoms with Crippen LogP contribution in [0.25, 0.3) is 0 Å². The molecule has 2 aliphatic rings. The molecule has 0 bridgehead atoms. The number of carbonyl (C=O) groups is 1. The molecule has 0 unspecified atom stereocenters. The van der Waals surface area contributed by atoms with Crippen LogP contribution in [0.3, 0.4) is 0 Å². The second-order valence-corrected chi connectivity index (χ2v) is 7.49. The van der Waals surface area contributed by atoms with Gasteiger partial charge in [0.2, 0.25) is 0 Å². The third kappa shape index (κ3) is 4.88. The molecule has 2 aromatic rings. The van der Waals surface area contributed by atoms with Gasteiger partial charge in [0.1, 0.15) is 5.82 Å². The van der Waals surface area contributed by atoms with Crippen LogP contribution in [0, 0.1) is 0 Å². The average Bonchev–Trinajstić information content (AvgIpc) is 3.27. The average molecular weight is 380 g/mol. The fourth-order valence-electron chi connectivity index (χ4n) is 3.75. The number of amides is 1. The zero-order valence-electron chi connectivity index (χ0n) is 16.3. The van der Waals surface area contributed by atoms with E-state index in [1.165, 1.54) is 31.5 Å². The summed E-state index contributed by atoms with van der Waals surface area (Å²) >= 11 is 0. The smallest absolute Gasteiger partial charge is 0.253 e. The number of carbonyl (C=O) groups excluding carboxylic acids is 1. The van der Waals surface area contributed by atoms with Gasteiger partial charge < -0.3 is 15.0 Å². The first-order valence-electron chi connectivity index (χ1n) is 10.1. The molecular weight excluding hydrogens is 352 g/mol. The third-order valence-corrected chi connectivity index (χ3v) is 5.43. The van der Waals surface area contributed by atoms with Crippen LogP contribution in [0.2, 0.25) is 0 Å². The summed E-state index contributed by atoms with van der Waals surface area (Å²) in [6.45, 7) is 7.08. The van der Waals surface area contributed by atoms with Gasteiger partial charge in [-0.1, -0.05) is 24.3 Å². The number of nitrogens with one attached hydrogen (secondary N) is 1. The molecule has 6 heteroatoms. The van der Waals surface area contributed by atoms with Crippen molar-refractivity contribution in [2.45, 2.75) is 25.9 Å². The van der Waals surface area contributed by atoms with E-state index < -0.39 is 0 Å². The van der Waals surface area contributed by atoms with Crippen molar-refractivity contribution in [1.82, 2.24) is 15.2 Å². The number of likely N-dealkylation sites (tertiary alicyclic amines) is 1. The van der Waals surface area contributed by atoms with Gasteiger partial charge in [0.05, 0.1) is 18.8 Å². The van der Waals surface area contributed by atoms with Gasteiger partial charge in [0.15, 0.2) is 0 Å². The van der Waals surface area contributed by atoms with E-state index in [4.69, 9.17) is 4.74 Å². The van der Waals surface area contributed by atoms with E-state index in [1.807, 2.05) is 12.1 Å². The molecule has 0 radical (unpaired) electrons. The highest BCUT2D eigenvalue weighted by Crippen LogP contribution is 2.15. The monoisotopic (exact) mass is 380 g/mol. The topological polar surface area (TPSA) is 57.7 Å². The number of morpholine rings is 1. The Morgan fingerprint density at radius 3 is 2.36 bits per heavy atom. The van der Waals surface area contributed by atoms with Crippen molar-refractivity contribution in [3.05, 3.63) is 59.3 Å². The number of rotatable bonds is 6. The van der Waals surface area contributed by atoms with Gasteiger partial charge in [-0.3, -0.25) is 9.69 Å². The van der Waals surface area contributed by atoms with Gasteiger partial charge in [-0.15, -0.1) is 0 Å². The second kappa shape index (κ2) is 9.17. The van der Waals surface area contributed by atoms with Crippen LogP contribution in [0.15, 0.2) is 42.6 Å². The molecule has 0 saturated carbocycles. The lowest BCUT2D eigenvalue weighted by Crippen LogP contribution is -2.36. The van der Waals surface area contributed by atoms with Crippen LogP contribution in [-0.2, 0) is 17.8 Å². The van der Waals surface area contributed by atoms with Crippen LogP contribution in [0.4, 0.5) is 5.82 Å². The zero-order chi connectivity index (χ0) is 19.2. The van der Waals surface area contributed by atoms with Crippen LogP contribution >= 0.6 is 0 Å². The number of ether oxygens (including phenoxy) is 1. The molecule has 2 fully saturated rings. The first kappa shape index (κ1) is 18.9. The molecule has 3 heterocycles. The minimum absolute atomic E-state index is 0.0952. The lowest BCUT2D eigenvalue weighted by molar-refractivity contribution is 0.0950. The largest absolute Gasteiger partial charge is 0.378 e. The molecule has 1 N–H and O–H groups in total. The van der Waals surface area contributed by atoms with Crippen molar-refractivity contribution >= 4 is 11.7 Å². The van der Waals surface area contributed by atoms with Gasteiger partial charge in [-0.25, -0.2) is 4.98 Å². The van der Waals surface area contributed by atoms with Gasteiger partial charge in [-0.2, -0.15) is 0 Å². The number of nitrogens with zero attached hydrogens (tertiary/aromatic N) is 3. The molecule has 6 nitrogen and oxygen atoms in total. The number of hydrogen-bond acceptors (Lipinski definition) is 5. The summed E-state index contributed by atoms with van der Waals surface area (Å²) in [6.07, 6.45) is 4.28. The van der Waals surface area contributed by atoms with E-state index in [0.29, 0.717) is 12.1 Å². The maximum Gasteiger partial charge on any atom is 0.253 e. The first-order valence-corrected chi connectivity index (χ1v) is 10.1. The van der Waals surface area contributed by atoms with Crippen LogP contribution in [0.1, 0.15) is 34.3 Å². The molecule has 1 aromatic carbocycles. The van der Waals surface area contributed by atoms with E-state index in [0.717, 1.165) is 44.2 Å². The van der Waals surface area contributed by atoms with E-state index in [-0.39, 0.29) is 5.91 Å². The minimum atomic E-state index is -0.0952. The lowest BCUT2D eigenvalue weighted by atomic mass is 10.1. The fraction of sp³-hybridized carbons (Fsp3) is 0.455. The van der Waals surface area contributed by atoms with E-state index >= 15 is 0 Å². The molecule has 4 rings (SSSR count). The van der Waals surface area contributed by atoms with Crippen molar-refractivity contribution in [3.8, 4) is 0 Å². The molecule has 2 saturated heterocycles. The Bertz CT molecular complexity index is 764. The Kier molecular flexibility index (Phi) is 6.19. The molecule has 2 aliphatic heterocycles. The van der Waals surface area contributed by atoms with Gasteiger partial charge in [0.25, 0.3) is 5.91 Å². The zero-order valence-corrected chi connectivity index (χ0v) is 16.3. The maximum absolute atomic E-state index is 12.4. The SMILES string of the molecule is O=C(NCc1ccc(CN2CCCC2)cc1)c1ccc(N2CCOCC2)nc1. The van der Waals surface area contributed by atoms with E-state index in [9.17, 15) is 4.79 Å². The predicted octanol–water partition coefficient (Wildman–Crippen LogP) is 2.44. The summed E-state index contributed by atoms with van der Waals surface area (Å²) in [5, 5.41) is 2.98. The molecule has 1 aromatic heterocycles. The highest BCUT2D eigenvalue weighted by Gasteiger charge is 2.14. The van der Waals surface area contributed by atoms with Crippen LogP contribution in [-0.4, -0.2) is 55.2 Å². The Morgan fingerprint density at radius 2 is 1.68 bits per heavy atom. The summed E-state index contributed by atoms with van der Waals surface area (Å²) < 4.78 is 5.36.